The fourth-order valence-corrected chi connectivity index (χ4v) is 1.22. The fourth-order valence-electron chi connectivity index (χ4n) is 1.22. The van der Waals surface area contributed by atoms with E-state index in [1.54, 1.807) is 30.3 Å². The van der Waals surface area contributed by atoms with E-state index in [-0.39, 0.29) is 5.56 Å². The molecule has 15 heavy (non-hydrogen) atoms. The van der Waals surface area contributed by atoms with E-state index in [0.29, 0.717) is 11.3 Å². The maximum Gasteiger partial charge on any atom is 0.264 e. The van der Waals surface area contributed by atoms with Crippen molar-refractivity contribution in [2.45, 2.75) is 0 Å². The summed E-state index contributed by atoms with van der Waals surface area (Å²) in [6.07, 6.45) is 0. The van der Waals surface area contributed by atoms with Gasteiger partial charge in [0, 0.05) is 11.6 Å². The summed E-state index contributed by atoms with van der Waals surface area (Å²) in [6.45, 7) is 0. The molecule has 0 aliphatic carbocycles. The largest absolute Gasteiger partial charge is 0.268 e. The maximum atomic E-state index is 10.8. The zero-order valence-corrected chi connectivity index (χ0v) is 7.77. The molecule has 1 aromatic heterocycles. The van der Waals surface area contributed by atoms with Crippen LogP contribution >= 0.6 is 0 Å². The number of rotatable bonds is 1. The first-order chi connectivity index (χ1) is 7.29. The number of nitrogens with one attached hydrogen (secondary N) is 1. The van der Waals surface area contributed by atoms with Gasteiger partial charge in [-0.1, -0.05) is 12.1 Å². The van der Waals surface area contributed by atoms with Crippen molar-refractivity contribution in [2.24, 2.45) is 0 Å². The Morgan fingerprint density at radius 1 is 1.13 bits per heavy atom. The van der Waals surface area contributed by atoms with Crippen LogP contribution in [0.15, 0.2) is 41.2 Å². The smallest absolute Gasteiger partial charge is 0.264 e. The van der Waals surface area contributed by atoms with Crippen molar-refractivity contribution in [1.82, 2.24) is 10.2 Å². The zero-order chi connectivity index (χ0) is 10.7. The molecule has 4 nitrogen and oxygen atoms in total. The van der Waals surface area contributed by atoms with Crippen LogP contribution in [0.3, 0.4) is 0 Å². The van der Waals surface area contributed by atoms with Crippen LogP contribution in [0.5, 0.6) is 0 Å². The Morgan fingerprint density at radius 3 is 2.40 bits per heavy atom. The normalized spacial score (nSPS) is 9.53. The van der Waals surface area contributed by atoms with E-state index >= 15 is 0 Å². The lowest BCUT2D eigenvalue weighted by molar-refractivity contribution is 0.995. The average Bonchev–Trinajstić information content (AvgIpc) is 2.30. The van der Waals surface area contributed by atoms with Gasteiger partial charge in [0.1, 0.15) is 0 Å². The first-order valence-electron chi connectivity index (χ1n) is 4.36. The van der Waals surface area contributed by atoms with Gasteiger partial charge in [0.05, 0.1) is 17.3 Å². The summed E-state index contributed by atoms with van der Waals surface area (Å²) in [5.41, 5.74) is 1.92. The van der Waals surface area contributed by atoms with Gasteiger partial charge in [-0.2, -0.15) is 10.4 Å². The predicted molar refractivity (Wildman–Crippen MR) is 55.0 cm³/mol. The first kappa shape index (κ1) is 9.16. The van der Waals surface area contributed by atoms with Crippen LogP contribution in [0.1, 0.15) is 5.56 Å². The summed E-state index contributed by atoms with van der Waals surface area (Å²) in [5, 5.41) is 14.9. The molecule has 1 aromatic carbocycles. The van der Waals surface area contributed by atoms with Gasteiger partial charge in [-0.15, -0.1) is 0 Å². The van der Waals surface area contributed by atoms with Crippen LogP contribution in [-0.4, -0.2) is 10.2 Å². The molecule has 1 heterocycles. The van der Waals surface area contributed by atoms with Gasteiger partial charge in [-0.05, 0) is 18.2 Å². The lowest BCUT2D eigenvalue weighted by Gasteiger charge is -1.98. The van der Waals surface area contributed by atoms with Crippen LogP contribution in [0.25, 0.3) is 11.3 Å². The van der Waals surface area contributed by atoms with E-state index in [9.17, 15) is 4.79 Å². The van der Waals surface area contributed by atoms with Crippen molar-refractivity contribution in [3.05, 3.63) is 52.3 Å². The van der Waals surface area contributed by atoms with Crippen molar-refractivity contribution < 1.29 is 0 Å². The minimum absolute atomic E-state index is 0.229. The molecule has 2 aromatic rings. The van der Waals surface area contributed by atoms with Crippen LogP contribution < -0.4 is 5.56 Å². The number of aromatic amines is 1. The van der Waals surface area contributed by atoms with E-state index in [0.717, 1.165) is 5.56 Å². The third-order valence-corrected chi connectivity index (χ3v) is 1.99. The van der Waals surface area contributed by atoms with Gasteiger partial charge in [0.25, 0.3) is 5.56 Å². The first-order valence-corrected chi connectivity index (χ1v) is 4.36. The molecule has 2 rings (SSSR count). The molecule has 0 saturated carbocycles. The molecule has 0 bridgehead atoms. The summed E-state index contributed by atoms with van der Waals surface area (Å²) in [4.78, 5) is 10.8. The number of H-pyrrole nitrogens is 1. The van der Waals surface area contributed by atoms with Gasteiger partial charge in [0.15, 0.2) is 0 Å². The maximum absolute atomic E-state index is 10.8. The second-order valence-electron chi connectivity index (χ2n) is 3.00. The van der Waals surface area contributed by atoms with Gasteiger partial charge in [-0.3, -0.25) is 4.79 Å². The average molecular weight is 197 g/mol. The number of benzene rings is 1. The lowest BCUT2D eigenvalue weighted by Crippen LogP contribution is -2.05. The highest BCUT2D eigenvalue weighted by Gasteiger charge is 1.98. The second kappa shape index (κ2) is 3.76. The summed E-state index contributed by atoms with van der Waals surface area (Å²) in [5.74, 6) is 0. The Balaban J connectivity index is 2.42. The predicted octanol–water partition coefficient (Wildman–Crippen LogP) is 1.31. The molecule has 4 heteroatoms. The van der Waals surface area contributed by atoms with Crippen LogP contribution in [0.4, 0.5) is 0 Å². The standard InChI is InChI=1S/C11H7N3O/c12-7-8-1-3-9(4-2-8)10-5-6-11(15)14-13-10/h1-6H,(H,14,15). The molecule has 0 aliphatic rings. The lowest BCUT2D eigenvalue weighted by atomic mass is 10.1. The second-order valence-corrected chi connectivity index (χ2v) is 3.00. The van der Waals surface area contributed by atoms with Crippen LogP contribution in [0, 0.1) is 11.3 Å². The Hall–Kier alpha value is -2.41. The molecule has 0 saturated heterocycles. The van der Waals surface area contributed by atoms with E-state index in [1.807, 2.05) is 6.07 Å². The number of nitriles is 1. The molecule has 72 valence electrons. The van der Waals surface area contributed by atoms with Crippen molar-refractivity contribution in [1.29, 1.82) is 5.26 Å². The van der Waals surface area contributed by atoms with Crippen molar-refractivity contribution in [2.75, 3.05) is 0 Å². The minimum atomic E-state index is -0.229. The Bertz CT molecular complexity index is 543. The zero-order valence-electron chi connectivity index (χ0n) is 7.77. The van der Waals surface area contributed by atoms with Crippen LogP contribution in [0.2, 0.25) is 0 Å². The van der Waals surface area contributed by atoms with Crippen molar-refractivity contribution >= 4 is 0 Å². The van der Waals surface area contributed by atoms with Gasteiger partial charge >= 0.3 is 0 Å². The van der Waals surface area contributed by atoms with E-state index in [4.69, 9.17) is 5.26 Å². The quantitative estimate of drug-likeness (QED) is 0.749. The minimum Gasteiger partial charge on any atom is -0.268 e. The molecule has 0 fully saturated rings. The topological polar surface area (TPSA) is 69.5 Å². The third-order valence-electron chi connectivity index (χ3n) is 1.99. The molecule has 0 aliphatic heterocycles. The van der Waals surface area contributed by atoms with Gasteiger partial charge in [-0.25, -0.2) is 5.10 Å². The van der Waals surface area contributed by atoms with Crippen molar-refractivity contribution in [3.8, 4) is 17.3 Å². The summed E-state index contributed by atoms with van der Waals surface area (Å²) in [6, 6.07) is 12.1. The highest BCUT2D eigenvalue weighted by atomic mass is 16.1. The van der Waals surface area contributed by atoms with Gasteiger partial charge in [0.2, 0.25) is 0 Å². The molecule has 0 spiro atoms. The molecule has 1 N–H and O–H groups in total. The number of hydrogen-bond acceptors (Lipinski definition) is 3. The van der Waals surface area contributed by atoms with Gasteiger partial charge < -0.3 is 0 Å². The summed E-state index contributed by atoms with van der Waals surface area (Å²) < 4.78 is 0. The Kier molecular flexibility index (Phi) is 2.30. The van der Waals surface area contributed by atoms with Crippen molar-refractivity contribution in [3.63, 3.8) is 0 Å². The highest BCUT2D eigenvalue weighted by Crippen LogP contribution is 2.15. The van der Waals surface area contributed by atoms with E-state index in [2.05, 4.69) is 10.2 Å². The fraction of sp³-hybridized carbons (Fsp3) is 0. The Labute approximate surface area is 85.8 Å². The van der Waals surface area contributed by atoms with E-state index in [1.165, 1.54) is 6.07 Å². The number of hydrogen-bond donors (Lipinski definition) is 1. The molecular formula is C11H7N3O. The molecule has 0 atom stereocenters. The molecular weight excluding hydrogens is 190 g/mol. The SMILES string of the molecule is N#Cc1ccc(-c2ccc(=O)[nH]n2)cc1. The third kappa shape index (κ3) is 1.92. The highest BCUT2D eigenvalue weighted by molar-refractivity contribution is 5.59. The molecule has 0 unspecified atom stereocenters. The summed E-state index contributed by atoms with van der Waals surface area (Å²) >= 11 is 0. The number of nitrogens with zero attached hydrogens (tertiary/aromatic N) is 2. The summed E-state index contributed by atoms with van der Waals surface area (Å²) in [7, 11) is 0. The number of aromatic nitrogens is 2. The molecule has 0 radical (unpaired) electrons. The Morgan fingerprint density at radius 2 is 1.87 bits per heavy atom. The van der Waals surface area contributed by atoms with E-state index < -0.39 is 0 Å². The monoisotopic (exact) mass is 197 g/mol. The molecule has 0 amide bonds. The van der Waals surface area contributed by atoms with Crippen LogP contribution in [-0.2, 0) is 0 Å².